The summed E-state index contributed by atoms with van der Waals surface area (Å²) in [7, 11) is -3.42. The van der Waals surface area contributed by atoms with Crippen LogP contribution in [0.1, 0.15) is 31.9 Å². The fraction of sp³-hybridized carbons (Fsp3) is 0.579. The van der Waals surface area contributed by atoms with Crippen LogP contribution in [0.15, 0.2) is 29.5 Å². The van der Waals surface area contributed by atoms with Crippen molar-refractivity contribution >= 4 is 10.0 Å². The van der Waals surface area contributed by atoms with E-state index in [9.17, 15) is 17.2 Å². The van der Waals surface area contributed by atoms with Gasteiger partial charge in [0, 0.05) is 36.8 Å². The number of nitrogens with one attached hydrogen (secondary N) is 1. The maximum absolute atomic E-state index is 14.2. The Morgan fingerprint density at radius 3 is 2.66 bits per heavy atom. The van der Waals surface area contributed by atoms with Crippen molar-refractivity contribution in [1.82, 2.24) is 14.7 Å². The lowest BCUT2D eigenvalue weighted by Gasteiger charge is -2.43. The molecule has 1 fully saturated rings. The van der Waals surface area contributed by atoms with Crippen LogP contribution < -0.4 is 11.2 Å². The van der Waals surface area contributed by atoms with E-state index in [4.69, 9.17) is 10.5 Å². The molecule has 29 heavy (non-hydrogen) atoms. The summed E-state index contributed by atoms with van der Waals surface area (Å²) in [5.41, 5.74) is 11.2. The van der Waals surface area contributed by atoms with Crippen molar-refractivity contribution in [2.45, 2.75) is 50.6 Å². The van der Waals surface area contributed by atoms with Gasteiger partial charge in [-0.15, -0.1) is 0 Å². The van der Waals surface area contributed by atoms with E-state index in [2.05, 4.69) is 10.3 Å². The molecule has 160 valence electrons. The first-order valence-electron chi connectivity index (χ1n) is 9.64. The minimum atomic E-state index is -3.42. The van der Waals surface area contributed by atoms with Crippen LogP contribution in [0.2, 0.25) is 0 Å². The summed E-state index contributed by atoms with van der Waals surface area (Å²) in [6.07, 6.45) is 0.694. The lowest BCUT2D eigenvalue weighted by Crippen LogP contribution is -2.54. The number of rotatable bonds is 3. The van der Waals surface area contributed by atoms with Gasteiger partial charge < -0.3 is 10.5 Å². The van der Waals surface area contributed by atoms with Crippen molar-refractivity contribution < 1.29 is 21.9 Å². The van der Waals surface area contributed by atoms with E-state index in [1.165, 1.54) is 10.7 Å². The predicted molar refractivity (Wildman–Crippen MR) is 104 cm³/mol. The van der Waals surface area contributed by atoms with Crippen molar-refractivity contribution in [3.8, 4) is 0 Å². The van der Waals surface area contributed by atoms with Gasteiger partial charge in [0.1, 0.15) is 17.7 Å². The minimum Gasteiger partial charge on any atom is -0.367 e. The molecule has 7 nitrogen and oxygen atoms in total. The van der Waals surface area contributed by atoms with Crippen LogP contribution in [0.4, 0.5) is 8.78 Å². The standard InChI is InChI=1S/C19H26F2N4O3S/c1-10-14-8-24(9-18(14)25(23-10)29(3,26)27)17-7-16(22)19(28-11(17)2)13-6-12(20)4-5-15(13)21/h4-6,10-11,16-17,19,23H,7-9,22H2,1-3H3/t10?,11-,16-,17+,19+/m0/s1. The van der Waals surface area contributed by atoms with Crippen molar-refractivity contribution in [3.63, 3.8) is 0 Å². The molecular formula is C19H26F2N4O3S. The maximum atomic E-state index is 14.2. The Morgan fingerprint density at radius 1 is 1.24 bits per heavy atom. The van der Waals surface area contributed by atoms with Crippen LogP contribution in [0, 0.1) is 11.6 Å². The predicted octanol–water partition coefficient (Wildman–Crippen LogP) is 1.25. The largest absolute Gasteiger partial charge is 0.367 e. The number of ether oxygens (including phenoxy) is 1. The Hall–Kier alpha value is -1.59. The van der Waals surface area contributed by atoms with Crippen LogP contribution in [0.25, 0.3) is 0 Å². The first kappa shape index (κ1) is 20.7. The quantitative estimate of drug-likeness (QED) is 0.754. The molecule has 0 radical (unpaired) electrons. The van der Waals surface area contributed by atoms with Gasteiger partial charge in [0.25, 0.3) is 0 Å². The molecule has 3 aliphatic heterocycles. The topological polar surface area (TPSA) is 87.9 Å². The number of halogens is 2. The summed E-state index contributed by atoms with van der Waals surface area (Å²) in [4.78, 5) is 2.16. The fourth-order valence-electron chi connectivity index (χ4n) is 4.60. The summed E-state index contributed by atoms with van der Waals surface area (Å²) in [5.74, 6) is -1.07. The second kappa shape index (κ2) is 7.28. The Bertz CT molecular complexity index is 955. The van der Waals surface area contributed by atoms with Gasteiger partial charge in [-0.3, -0.25) is 4.90 Å². The van der Waals surface area contributed by atoms with Crippen molar-refractivity contribution in [2.75, 3.05) is 19.3 Å². The van der Waals surface area contributed by atoms with Crippen LogP contribution in [0.5, 0.6) is 0 Å². The van der Waals surface area contributed by atoms with E-state index in [1.54, 1.807) is 0 Å². The van der Waals surface area contributed by atoms with E-state index in [1.807, 2.05) is 13.8 Å². The Balaban J connectivity index is 1.51. The number of nitrogens with zero attached hydrogens (tertiary/aromatic N) is 2. The Labute approximate surface area is 169 Å². The van der Waals surface area contributed by atoms with Gasteiger partial charge in [0.05, 0.1) is 18.1 Å². The van der Waals surface area contributed by atoms with Crippen LogP contribution in [-0.4, -0.2) is 61.3 Å². The fourth-order valence-corrected chi connectivity index (χ4v) is 5.53. The van der Waals surface area contributed by atoms with Gasteiger partial charge in [0.15, 0.2) is 0 Å². The molecule has 0 bridgehead atoms. The molecule has 3 N–H and O–H groups in total. The number of hydrazine groups is 1. The van der Waals surface area contributed by atoms with E-state index in [0.717, 1.165) is 29.5 Å². The summed E-state index contributed by atoms with van der Waals surface area (Å²) in [6.45, 7) is 4.89. The molecule has 0 amide bonds. The molecule has 3 aliphatic rings. The lowest BCUT2D eigenvalue weighted by molar-refractivity contribution is -0.0989. The summed E-state index contributed by atoms with van der Waals surface area (Å²) in [5, 5.41) is 0. The van der Waals surface area contributed by atoms with Crippen LogP contribution in [0.3, 0.4) is 0 Å². The molecule has 5 atom stereocenters. The average Bonchev–Trinajstić information content (AvgIpc) is 3.19. The van der Waals surface area contributed by atoms with Gasteiger partial charge in [-0.2, -0.15) is 0 Å². The highest BCUT2D eigenvalue weighted by Gasteiger charge is 2.45. The zero-order chi connectivity index (χ0) is 21.1. The normalized spacial score (nSPS) is 33.4. The average molecular weight is 429 g/mol. The van der Waals surface area contributed by atoms with E-state index >= 15 is 0 Å². The minimum absolute atomic E-state index is 0.0583. The van der Waals surface area contributed by atoms with Gasteiger partial charge in [-0.05, 0) is 44.0 Å². The second-order valence-corrected chi connectivity index (χ2v) is 9.98. The number of sulfonamides is 1. The number of benzene rings is 1. The van der Waals surface area contributed by atoms with Gasteiger partial charge >= 0.3 is 0 Å². The summed E-state index contributed by atoms with van der Waals surface area (Å²) < 4.78 is 59.3. The lowest BCUT2D eigenvalue weighted by atomic mass is 9.90. The summed E-state index contributed by atoms with van der Waals surface area (Å²) in [6, 6.07) is 2.64. The van der Waals surface area contributed by atoms with Gasteiger partial charge in [0.2, 0.25) is 10.0 Å². The molecule has 0 aliphatic carbocycles. The molecule has 3 heterocycles. The molecule has 1 saturated heterocycles. The van der Waals surface area contributed by atoms with Crippen molar-refractivity contribution in [3.05, 3.63) is 46.7 Å². The highest BCUT2D eigenvalue weighted by atomic mass is 32.2. The molecular weight excluding hydrogens is 402 g/mol. The molecule has 1 aromatic carbocycles. The number of hydrogen-bond acceptors (Lipinski definition) is 6. The Kier molecular flexibility index (Phi) is 5.19. The monoisotopic (exact) mass is 428 g/mol. The van der Waals surface area contributed by atoms with Crippen molar-refractivity contribution in [1.29, 1.82) is 0 Å². The molecule has 0 spiro atoms. The Morgan fingerprint density at radius 2 is 1.97 bits per heavy atom. The third kappa shape index (κ3) is 3.68. The van der Waals surface area contributed by atoms with E-state index < -0.39 is 33.8 Å². The zero-order valence-corrected chi connectivity index (χ0v) is 17.4. The molecule has 1 aromatic rings. The second-order valence-electron chi connectivity index (χ2n) is 8.15. The molecule has 10 heteroatoms. The highest BCUT2D eigenvalue weighted by Crippen LogP contribution is 2.38. The van der Waals surface area contributed by atoms with Crippen molar-refractivity contribution in [2.24, 2.45) is 5.73 Å². The van der Waals surface area contributed by atoms with Gasteiger partial charge in [-0.25, -0.2) is 27.0 Å². The van der Waals surface area contributed by atoms with E-state index in [-0.39, 0.29) is 23.8 Å². The van der Waals surface area contributed by atoms with Crippen LogP contribution in [-0.2, 0) is 14.8 Å². The zero-order valence-electron chi connectivity index (χ0n) is 16.6. The number of nitrogens with two attached hydrogens (primary N) is 1. The third-order valence-corrected chi connectivity index (χ3v) is 7.04. The maximum Gasteiger partial charge on any atom is 0.245 e. The first-order valence-corrected chi connectivity index (χ1v) is 11.5. The molecule has 4 rings (SSSR count). The number of hydrogen-bond donors (Lipinski definition) is 2. The van der Waals surface area contributed by atoms with E-state index in [0.29, 0.717) is 19.5 Å². The summed E-state index contributed by atoms with van der Waals surface area (Å²) >= 11 is 0. The first-order chi connectivity index (χ1) is 13.6. The van der Waals surface area contributed by atoms with Crippen LogP contribution >= 0.6 is 0 Å². The van der Waals surface area contributed by atoms with Gasteiger partial charge in [-0.1, -0.05) is 0 Å². The highest BCUT2D eigenvalue weighted by molar-refractivity contribution is 7.88. The third-order valence-electron chi connectivity index (χ3n) is 6.05. The molecule has 0 saturated carbocycles. The smallest absolute Gasteiger partial charge is 0.245 e. The SMILES string of the molecule is CC1NN(S(C)(=O)=O)C2=C1CN([C@@H]1C[C@H](N)[C@@H](c3cc(F)ccc3F)O[C@H]1C)C2. The molecule has 1 unspecified atom stereocenters. The molecule has 0 aromatic heterocycles.